The monoisotopic (exact) mass is 264 g/mol. The van der Waals surface area contributed by atoms with E-state index < -0.39 is 11.4 Å². The van der Waals surface area contributed by atoms with Crippen molar-refractivity contribution in [2.45, 2.75) is 52.4 Å². The van der Waals surface area contributed by atoms with E-state index in [1.807, 2.05) is 17.8 Å². The molecule has 0 amide bonds. The van der Waals surface area contributed by atoms with E-state index in [9.17, 15) is 9.90 Å². The number of nitrogens with zero attached hydrogens (tertiary/aromatic N) is 2. The molecule has 1 aliphatic rings. The number of imidazole rings is 1. The highest BCUT2D eigenvalue weighted by Crippen LogP contribution is 2.47. The van der Waals surface area contributed by atoms with Crippen LogP contribution in [0.4, 0.5) is 0 Å². The van der Waals surface area contributed by atoms with Crippen LogP contribution in [0.5, 0.6) is 0 Å². The average molecular weight is 264 g/mol. The van der Waals surface area contributed by atoms with E-state index in [1.165, 1.54) is 0 Å². The van der Waals surface area contributed by atoms with Crippen molar-refractivity contribution in [3.63, 3.8) is 0 Å². The van der Waals surface area contributed by atoms with Crippen molar-refractivity contribution in [1.82, 2.24) is 9.55 Å². The average Bonchev–Trinajstić information content (AvgIpc) is 2.74. The Balaban J connectivity index is 2.05. The maximum atomic E-state index is 11.7. The summed E-state index contributed by atoms with van der Waals surface area (Å²) in [5, 5.41) is 9.63. The molecule has 1 fully saturated rings. The van der Waals surface area contributed by atoms with Gasteiger partial charge >= 0.3 is 5.97 Å². The first-order valence-corrected chi connectivity index (χ1v) is 7.04. The number of carboxylic acid groups (broad SMARTS) is 1. The standard InChI is InChI=1S/C15H24N2O2/c1-14(2)6-8-15(9-7-14,13(18)19)5-4-12-16-10-11-17(12)3/h10-11H,4-9H2,1-3H3,(H,18,19). The summed E-state index contributed by atoms with van der Waals surface area (Å²) < 4.78 is 1.97. The zero-order chi connectivity index (χ0) is 14.1. The van der Waals surface area contributed by atoms with Gasteiger partial charge in [-0.25, -0.2) is 4.98 Å². The van der Waals surface area contributed by atoms with Gasteiger partial charge in [-0.3, -0.25) is 4.79 Å². The lowest BCUT2D eigenvalue weighted by atomic mass is 9.63. The van der Waals surface area contributed by atoms with Crippen LogP contribution in [0.3, 0.4) is 0 Å². The van der Waals surface area contributed by atoms with E-state index in [0.29, 0.717) is 11.8 Å². The van der Waals surface area contributed by atoms with Crippen LogP contribution in [0.2, 0.25) is 0 Å². The minimum atomic E-state index is -0.628. The molecule has 0 unspecified atom stereocenters. The van der Waals surface area contributed by atoms with Crippen molar-refractivity contribution in [3.8, 4) is 0 Å². The van der Waals surface area contributed by atoms with Crippen LogP contribution in [0.1, 0.15) is 51.8 Å². The quantitative estimate of drug-likeness (QED) is 0.909. The lowest BCUT2D eigenvalue weighted by Crippen LogP contribution is -2.38. The fraction of sp³-hybridized carbons (Fsp3) is 0.733. The van der Waals surface area contributed by atoms with Crippen molar-refractivity contribution in [3.05, 3.63) is 18.2 Å². The minimum absolute atomic E-state index is 0.294. The maximum Gasteiger partial charge on any atom is 0.309 e. The summed E-state index contributed by atoms with van der Waals surface area (Å²) in [5.41, 5.74) is -0.246. The van der Waals surface area contributed by atoms with Crippen LogP contribution in [0, 0.1) is 10.8 Å². The molecule has 0 aromatic carbocycles. The van der Waals surface area contributed by atoms with Crippen LogP contribution < -0.4 is 0 Å². The number of aryl methyl sites for hydroxylation is 2. The molecule has 1 saturated carbocycles. The van der Waals surface area contributed by atoms with Gasteiger partial charge in [-0.05, 0) is 37.5 Å². The molecule has 4 heteroatoms. The molecule has 2 rings (SSSR count). The molecule has 1 aromatic heterocycles. The van der Waals surface area contributed by atoms with Crippen LogP contribution in [0.25, 0.3) is 0 Å². The van der Waals surface area contributed by atoms with Crippen molar-refractivity contribution in [1.29, 1.82) is 0 Å². The molecule has 106 valence electrons. The van der Waals surface area contributed by atoms with Gasteiger partial charge in [-0.2, -0.15) is 0 Å². The van der Waals surface area contributed by atoms with Crippen molar-refractivity contribution < 1.29 is 9.90 Å². The van der Waals surface area contributed by atoms with Gasteiger partial charge in [-0.1, -0.05) is 13.8 Å². The Hall–Kier alpha value is -1.32. The highest BCUT2D eigenvalue weighted by molar-refractivity contribution is 5.74. The van der Waals surface area contributed by atoms with Gasteiger partial charge in [0.25, 0.3) is 0 Å². The zero-order valence-corrected chi connectivity index (χ0v) is 12.1. The second-order valence-corrected chi connectivity index (χ2v) is 6.70. The van der Waals surface area contributed by atoms with Crippen LogP contribution in [-0.4, -0.2) is 20.6 Å². The smallest absolute Gasteiger partial charge is 0.309 e. The van der Waals surface area contributed by atoms with E-state index in [1.54, 1.807) is 6.20 Å². The van der Waals surface area contributed by atoms with Gasteiger partial charge < -0.3 is 9.67 Å². The van der Waals surface area contributed by atoms with Crippen molar-refractivity contribution in [2.24, 2.45) is 17.9 Å². The normalized spacial score (nSPS) is 21.2. The third-order valence-corrected chi connectivity index (χ3v) is 4.76. The first-order valence-electron chi connectivity index (χ1n) is 7.04. The lowest BCUT2D eigenvalue weighted by molar-refractivity contribution is -0.153. The van der Waals surface area contributed by atoms with Crippen molar-refractivity contribution in [2.75, 3.05) is 0 Å². The summed E-state index contributed by atoms with van der Waals surface area (Å²) in [6, 6.07) is 0. The molecule has 1 N–H and O–H groups in total. The van der Waals surface area contributed by atoms with E-state index in [2.05, 4.69) is 18.8 Å². The largest absolute Gasteiger partial charge is 0.481 e. The first-order chi connectivity index (χ1) is 8.85. The molecule has 1 aromatic rings. The first kappa shape index (κ1) is 14.1. The molecule has 0 spiro atoms. The summed E-state index contributed by atoms with van der Waals surface area (Å²) in [6.45, 7) is 4.47. The Morgan fingerprint density at radius 2 is 2.00 bits per heavy atom. The number of aromatic nitrogens is 2. The summed E-state index contributed by atoms with van der Waals surface area (Å²) in [4.78, 5) is 16.0. The molecule has 19 heavy (non-hydrogen) atoms. The molecule has 0 bridgehead atoms. The third-order valence-electron chi connectivity index (χ3n) is 4.76. The van der Waals surface area contributed by atoms with E-state index in [0.717, 1.165) is 37.9 Å². The molecule has 1 heterocycles. The molecule has 0 aliphatic heterocycles. The number of hydrogen-bond acceptors (Lipinski definition) is 2. The Morgan fingerprint density at radius 1 is 1.37 bits per heavy atom. The van der Waals surface area contributed by atoms with Crippen LogP contribution in [0.15, 0.2) is 12.4 Å². The van der Waals surface area contributed by atoms with Crippen molar-refractivity contribution >= 4 is 5.97 Å². The summed E-state index contributed by atoms with van der Waals surface area (Å²) in [7, 11) is 1.96. The van der Waals surface area contributed by atoms with Gasteiger partial charge in [0, 0.05) is 25.9 Å². The molecule has 0 atom stereocenters. The molecule has 1 aliphatic carbocycles. The van der Waals surface area contributed by atoms with Gasteiger partial charge in [0.1, 0.15) is 5.82 Å². The van der Waals surface area contributed by atoms with Gasteiger partial charge in [-0.15, -0.1) is 0 Å². The second-order valence-electron chi connectivity index (χ2n) is 6.70. The van der Waals surface area contributed by atoms with Gasteiger partial charge in [0.2, 0.25) is 0 Å². The van der Waals surface area contributed by atoms with E-state index in [4.69, 9.17) is 0 Å². The van der Waals surface area contributed by atoms with Gasteiger partial charge in [0.05, 0.1) is 5.41 Å². The Morgan fingerprint density at radius 3 is 2.47 bits per heavy atom. The molecular formula is C15H24N2O2. The highest BCUT2D eigenvalue weighted by Gasteiger charge is 2.43. The Labute approximate surface area is 114 Å². The number of hydrogen-bond donors (Lipinski definition) is 1. The number of rotatable bonds is 4. The topological polar surface area (TPSA) is 55.1 Å². The predicted molar refractivity (Wildman–Crippen MR) is 73.8 cm³/mol. The third kappa shape index (κ3) is 2.99. The summed E-state index contributed by atoms with van der Waals surface area (Å²) in [5.74, 6) is 0.350. The second kappa shape index (κ2) is 4.99. The number of aliphatic carboxylic acids is 1. The Bertz CT molecular complexity index is 452. The van der Waals surface area contributed by atoms with E-state index >= 15 is 0 Å². The van der Waals surface area contributed by atoms with E-state index in [-0.39, 0.29) is 0 Å². The van der Waals surface area contributed by atoms with Gasteiger partial charge in [0.15, 0.2) is 0 Å². The Kier molecular flexibility index (Phi) is 3.70. The zero-order valence-electron chi connectivity index (χ0n) is 12.1. The SMILES string of the molecule is Cn1ccnc1CCC1(C(=O)O)CCC(C)(C)CC1. The fourth-order valence-electron chi connectivity index (χ4n) is 2.96. The lowest BCUT2D eigenvalue weighted by Gasteiger charge is -2.40. The molecular weight excluding hydrogens is 240 g/mol. The number of carbonyl (C=O) groups is 1. The molecule has 0 radical (unpaired) electrons. The molecule has 0 saturated heterocycles. The molecule has 4 nitrogen and oxygen atoms in total. The minimum Gasteiger partial charge on any atom is -0.481 e. The van der Waals surface area contributed by atoms with Crippen LogP contribution in [-0.2, 0) is 18.3 Å². The van der Waals surface area contributed by atoms with Crippen LogP contribution >= 0.6 is 0 Å². The summed E-state index contributed by atoms with van der Waals surface area (Å²) >= 11 is 0. The fourth-order valence-corrected chi connectivity index (χ4v) is 2.96. The highest BCUT2D eigenvalue weighted by atomic mass is 16.4. The summed E-state index contributed by atoms with van der Waals surface area (Å²) in [6.07, 6.45) is 8.71. The number of carboxylic acids is 1. The maximum absolute atomic E-state index is 11.7. The predicted octanol–water partition coefficient (Wildman–Crippen LogP) is 3.02.